The Morgan fingerprint density at radius 3 is 2.58 bits per heavy atom. The van der Waals surface area contributed by atoms with Gasteiger partial charge in [-0.05, 0) is 0 Å². The minimum Gasteiger partial charge on any atom is -0.460 e. The van der Waals surface area contributed by atoms with Crippen molar-refractivity contribution in [3.63, 3.8) is 0 Å². The lowest BCUT2D eigenvalue weighted by atomic mass is 10.5. The van der Waals surface area contributed by atoms with Crippen LogP contribution in [-0.4, -0.2) is 44.1 Å². The van der Waals surface area contributed by atoms with Gasteiger partial charge in [-0.25, -0.2) is 13.9 Å². The number of aryl methyl sites for hydroxylation is 1. The number of rotatable bonds is 8. The van der Waals surface area contributed by atoms with Crippen molar-refractivity contribution in [1.29, 1.82) is 0 Å². The van der Waals surface area contributed by atoms with Gasteiger partial charge in [0.15, 0.2) is 6.54 Å². The lowest BCUT2D eigenvalue weighted by Crippen LogP contribution is -2.30. The first-order valence-corrected chi connectivity index (χ1v) is 5.89. The van der Waals surface area contributed by atoms with Gasteiger partial charge in [0.2, 0.25) is 0 Å². The predicted octanol–water partition coefficient (Wildman–Crippen LogP) is 0.463. The van der Waals surface area contributed by atoms with Crippen LogP contribution >= 0.6 is 0 Å². The van der Waals surface area contributed by atoms with Gasteiger partial charge >= 0.3 is 5.97 Å². The molecule has 19 heavy (non-hydrogen) atoms. The summed E-state index contributed by atoms with van der Waals surface area (Å²) < 4.78 is 18.9. The molecule has 1 heterocycles. The van der Waals surface area contributed by atoms with Crippen LogP contribution in [0, 0.1) is 6.92 Å². The number of aromatic nitrogens is 2. The number of imidazole rings is 1. The zero-order chi connectivity index (χ0) is 13.4. The summed E-state index contributed by atoms with van der Waals surface area (Å²) in [6, 6.07) is 0. The molecular formula is C13H25N2O4+. The van der Waals surface area contributed by atoms with Crippen molar-refractivity contribution in [2.24, 2.45) is 7.05 Å². The lowest BCUT2D eigenvalue weighted by molar-refractivity contribution is -0.677. The molecule has 0 saturated carbocycles. The topological polar surface area (TPSA) is 53.6 Å². The molecule has 0 atom stereocenters. The third-order valence-corrected chi connectivity index (χ3v) is 2.62. The van der Waals surface area contributed by atoms with Crippen LogP contribution in [0.1, 0.15) is 13.3 Å². The van der Waals surface area contributed by atoms with Crippen LogP contribution in [-0.2, 0) is 32.6 Å². The molecule has 110 valence electrons. The fourth-order valence-electron chi connectivity index (χ4n) is 1.41. The molecule has 0 fully saturated rings. The monoisotopic (exact) mass is 273 g/mol. The maximum Gasteiger partial charge on any atom is 0.348 e. The molecule has 1 aromatic rings. The van der Waals surface area contributed by atoms with Gasteiger partial charge in [-0.15, -0.1) is 0 Å². The molecule has 0 spiro atoms. The van der Waals surface area contributed by atoms with E-state index in [9.17, 15) is 4.79 Å². The fraction of sp³-hybridized carbons (Fsp3) is 0.692. The Morgan fingerprint density at radius 1 is 1.32 bits per heavy atom. The largest absolute Gasteiger partial charge is 0.460 e. The van der Waals surface area contributed by atoms with E-state index in [4.69, 9.17) is 14.2 Å². The van der Waals surface area contributed by atoms with Crippen molar-refractivity contribution < 1.29 is 23.6 Å². The quantitative estimate of drug-likeness (QED) is 0.392. The molecule has 6 heteroatoms. The second-order valence-electron chi connectivity index (χ2n) is 3.91. The number of carbonyl (C=O) groups excluding carboxylic acids is 1. The number of hydrogen-bond acceptors (Lipinski definition) is 4. The molecule has 0 N–H and O–H groups in total. The van der Waals surface area contributed by atoms with E-state index in [1.807, 2.05) is 35.5 Å². The van der Waals surface area contributed by atoms with E-state index in [-0.39, 0.29) is 26.5 Å². The number of nitrogens with zero attached hydrogens (tertiary/aromatic N) is 2. The Kier molecular flexibility index (Phi) is 8.82. The standard InChI is InChI=1S/C12H21N2O4.CH4/c1-11-13(2)4-5-14(11)10-12(15)18-9-8-17-7-6-16-3;/h4-5H,6-10H2,1-3H3;1H4/q+1;. The number of carbonyl (C=O) groups is 1. The summed E-state index contributed by atoms with van der Waals surface area (Å²) in [7, 11) is 3.55. The molecule has 1 aromatic heterocycles. The van der Waals surface area contributed by atoms with Crippen LogP contribution in [0.3, 0.4) is 0 Å². The van der Waals surface area contributed by atoms with Crippen LogP contribution in [0.2, 0.25) is 0 Å². The first-order chi connectivity index (χ1) is 8.65. The lowest BCUT2D eigenvalue weighted by Gasteiger charge is -2.05. The van der Waals surface area contributed by atoms with Gasteiger partial charge in [0.1, 0.15) is 19.0 Å². The van der Waals surface area contributed by atoms with Gasteiger partial charge in [0.05, 0.1) is 26.9 Å². The molecule has 0 radical (unpaired) electrons. The Bertz CT molecular complexity index is 377. The first kappa shape index (κ1) is 17.6. The number of ether oxygens (including phenoxy) is 3. The SMILES string of the molecule is C.COCCOCCOC(=O)Cn1cc[n+](C)c1C. The predicted molar refractivity (Wildman–Crippen MR) is 70.7 cm³/mol. The van der Waals surface area contributed by atoms with E-state index in [0.29, 0.717) is 19.8 Å². The zero-order valence-electron chi connectivity index (χ0n) is 11.2. The highest BCUT2D eigenvalue weighted by atomic mass is 16.6. The maximum absolute atomic E-state index is 11.5. The number of methoxy groups -OCH3 is 1. The van der Waals surface area contributed by atoms with Crippen LogP contribution in [0.4, 0.5) is 0 Å². The van der Waals surface area contributed by atoms with Gasteiger partial charge < -0.3 is 14.2 Å². The van der Waals surface area contributed by atoms with Gasteiger partial charge in [-0.2, -0.15) is 0 Å². The first-order valence-electron chi connectivity index (χ1n) is 5.89. The Balaban J connectivity index is 0.00000324. The molecule has 0 saturated heterocycles. The summed E-state index contributed by atoms with van der Waals surface area (Å²) in [6.45, 7) is 3.90. The summed E-state index contributed by atoms with van der Waals surface area (Å²) in [4.78, 5) is 11.5. The van der Waals surface area contributed by atoms with Crippen molar-refractivity contribution in [3.05, 3.63) is 18.2 Å². The second kappa shape index (κ2) is 9.52. The third-order valence-electron chi connectivity index (χ3n) is 2.62. The van der Waals surface area contributed by atoms with Crippen LogP contribution in [0.25, 0.3) is 0 Å². The summed E-state index contributed by atoms with van der Waals surface area (Å²) in [5.41, 5.74) is 0. The van der Waals surface area contributed by atoms with E-state index in [1.165, 1.54) is 0 Å². The van der Waals surface area contributed by atoms with Gasteiger partial charge in [-0.3, -0.25) is 0 Å². The van der Waals surface area contributed by atoms with E-state index in [0.717, 1.165) is 5.82 Å². The summed E-state index contributed by atoms with van der Waals surface area (Å²) in [6.07, 6.45) is 3.75. The van der Waals surface area contributed by atoms with Crippen molar-refractivity contribution in [2.45, 2.75) is 20.9 Å². The smallest absolute Gasteiger partial charge is 0.348 e. The Hall–Kier alpha value is -1.40. The molecule has 1 rings (SSSR count). The number of hydrogen-bond donors (Lipinski definition) is 0. The van der Waals surface area contributed by atoms with E-state index in [1.54, 1.807) is 7.11 Å². The summed E-state index contributed by atoms with van der Waals surface area (Å²) in [5.74, 6) is 0.743. The van der Waals surface area contributed by atoms with Crippen LogP contribution < -0.4 is 4.57 Å². The minimum atomic E-state index is -0.260. The van der Waals surface area contributed by atoms with Gasteiger partial charge in [0.25, 0.3) is 5.82 Å². The van der Waals surface area contributed by atoms with E-state index >= 15 is 0 Å². The average molecular weight is 273 g/mol. The highest BCUT2D eigenvalue weighted by molar-refractivity contribution is 5.69. The van der Waals surface area contributed by atoms with Crippen molar-refractivity contribution in [2.75, 3.05) is 33.5 Å². The molecule has 0 amide bonds. The average Bonchev–Trinajstić information content (AvgIpc) is 2.65. The third kappa shape index (κ3) is 6.35. The summed E-state index contributed by atoms with van der Waals surface area (Å²) in [5, 5.41) is 0. The second-order valence-corrected chi connectivity index (χ2v) is 3.91. The molecule has 0 aliphatic carbocycles. The normalized spacial score (nSPS) is 10.1. The molecule has 0 aromatic carbocycles. The molecular weight excluding hydrogens is 248 g/mol. The molecule has 0 unspecified atom stereocenters. The molecule has 0 aliphatic rings. The maximum atomic E-state index is 11.5. The molecule has 0 bridgehead atoms. The van der Waals surface area contributed by atoms with Gasteiger partial charge in [-0.1, -0.05) is 7.43 Å². The molecule has 6 nitrogen and oxygen atoms in total. The Morgan fingerprint density at radius 2 is 2.00 bits per heavy atom. The van der Waals surface area contributed by atoms with Crippen molar-refractivity contribution in [1.82, 2.24) is 4.57 Å². The van der Waals surface area contributed by atoms with Crippen molar-refractivity contribution in [3.8, 4) is 0 Å². The zero-order valence-corrected chi connectivity index (χ0v) is 11.2. The van der Waals surface area contributed by atoms with E-state index in [2.05, 4.69) is 0 Å². The highest BCUT2D eigenvalue weighted by Gasteiger charge is 2.13. The van der Waals surface area contributed by atoms with E-state index < -0.39 is 0 Å². The van der Waals surface area contributed by atoms with Gasteiger partial charge in [0, 0.05) is 14.0 Å². The van der Waals surface area contributed by atoms with Crippen LogP contribution in [0.15, 0.2) is 12.4 Å². The fourth-order valence-corrected chi connectivity index (χ4v) is 1.41. The molecule has 0 aliphatic heterocycles. The number of esters is 1. The Labute approximate surface area is 114 Å². The highest BCUT2D eigenvalue weighted by Crippen LogP contribution is 1.94. The minimum absolute atomic E-state index is 0. The van der Waals surface area contributed by atoms with Crippen LogP contribution in [0.5, 0.6) is 0 Å². The van der Waals surface area contributed by atoms with Crippen molar-refractivity contribution >= 4 is 5.97 Å². The summed E-state index contributed by atoms with van der Waals surface area (Å²) >= 11 is 0.